The molecule has 0 aliphatic heterocycles. The molecule has 2 N–H and O–H groups in total. The summed E-state index contributed by atoms with van der Waals surface area (Å²) in [5, 5.41) is 12.6. The van der Waals surface area contributed by atoms with Crippen molar-refractivity contribution < 1.29 is 19.0 Å². The van der Waals surface area contributed by atoms with E-state index in [1.807, 2.05) is 24.3 Å². The summed E-state index contributed by atoms with van der Waals surface area (Å²) in [7, 11) is 3.24. The Kier molecular flexibility index (Phi) is 5.03. The van der Waals surface area contributed by atoms with Crippen molar-refractivity contribution >= 4 is 0 Å². The number of hydrogen-bond acceptors (Lipinski definition) is 5. The van der Waals surface area contributed by atoms with Crippen LogP contribution in [0.5, 0.6) is 11.5 Å². The third-order valence-electron chi connectivity index (χ3n) is 3.10. The Morgan fingerprint density at radius 2 is 2.10 bits per heavy atom. The standard InChI is InChI=1S/C15H19NO4/c1-18-12-6-5-11(15(8-12)19-2)9-16-13(10-17)14-4-3-7-20-14/h3-8,13,16-17H,9-10H2,1-2H3. The van der Waals surface area contributed by atoms with Crippen LogP contribution in [-0.4, -0.2) is 25.9 Å². The minimum Gasteiger partial charge on any atom is -0.497 e. The van der Waals surface area contributed by atoms with E-state index < -0.39 is 0 Å². The lowest BCUT2D eigenvalue weighted by Crippen LogP contribution is -2.23. The number of aliphatic hydroxyl groups is 1. The van der Waals surface area contributed by atoms with E-state index in [2.05, 4.69) is 5.32 Å². The zero-order valence-electron chi connectivity index (χ0n) is 11.6. The number of ether oxygens (including phenoxy) is 2. The molecule has 20 heavy (non-hydrogen) atoms. The molecule has 2 rings (SSSR count). The Morgan fingerprint density at radius 1 is 1.25 bits per heavy atom. The van der Waals surface area contributed by atoms with E-state index in [9.17, 15) is 5.11 Å². The maximum atomic E-state index is 9.41. The van der Waals surface area contributed by atoms with Gasteiger partial charge in [-0.15, -0.1) is 0 Å². The summed E-state index contributed by atoms with van der Waals surface area (Å²) in [6.07, 6.45) is 1.59. The molecule has 1 atom stereocenters. The second-order valence-corrected chi connectivity index (χ2v) is 4.31. The predicted octanol–water partition coefficient (Wildman–Crippen LogP) is 2.12. The van der Waals surface area contributed by atoms with Gasteiger partial charge in [0, 0.05) is 18.2 Å². The van der Waals surface area contributed by atoms with Gasteiger partial charge in [-0.25, -0.2) is 0 Å². The van der Waals surface area contributed by atoms with Crippen molar-refractivity contribution in [2.24, 2.45) is 0 Å². The van der Waals surface area contributed by atoms with Crippen molar-refractivity contribution in [2.75, 3.05) is 20.8 Å². The molecule has 1 unspecified atom stereocenters. The van der Waals surface area contributed by atoms with Crippen LogP contribution in [0.4, 0.5) is 0 Å². The number of hydrogen-bond donors (Lipinski definition) is 2. The van der Waals surface area contributed by atoms with Gasteiger partial charge in [-0.05, 0) is 18.2 Å². The third kappa shape index (κ3) is 3.31. The smallest absolute Gasteiger partial charge is 0.127 e. The van der Waals surface area contributed by atoms with Gasteiger partial charge in [-0.2, -0.15) is 0 Å². The summed E-state index contributed by atoms with van der Waals surface area (Å²) in [6.45, 7) is 0.519. The number of furan rings is 1. The molecule has 5 nitrogen and oxygen atoms in total. The average Bonchev–Trinajstić information content (AvgIpc) is 3.02. The summed E-state index contributed by atoms with van der Waals surface area (Å²) in [5.74, 6) is 2.20. The Bertz CT molecular complexity index is 525. The lowest BCUT2D eigenvalue weighted by Gasteiger charge is -2.16. The van der Waals surface area contributed by atoms with Gasteiger partial charge < -0.3 is 24.3 Å². The highest BCUT2D eigenvalue weighted by Gasteiger charge is 2.13. The first-order valence-corrected chi connectivity index (χ1v) is 6.37. The predicted molar refractivity (Wildman–Crippen MR) is 74.9 cm³/mol. The molecule has 0 bridgehead atoms. The van der Waals surface area contributed by atoms with E-state index in [1.54, 1.807) is 26.5 Å². The highest BCUT2D eigenvalue weighted by molar-refractivity contribution is 5.40. The molecule has 108 valence electrons. The zero-order chi connectivity index (χ0) is 14.4. The van der Waals surface area contributed by atoms with Crippen LogP contribution in [0.25, 0.3) is 0 Å². The molecule has 0 aliphatic carbocycles. The van der Waals surface area contributed by atoms with Gasteiger partial charge in [0.1, 0.15) is 17.3 Å². The van der Waals surface area contributed by atoms with Crippen LogP contribution < -0.4 is 14.8 Å². The molecule has 2 aromatic rings. The number of benzene rings is 1. The monoisotopic (exact) mass is 277 g/mol. The maximum absolute atomic E-state index is 9.41. The van der Waals surface area contributed by atoms with E-state index in [0.717, 1.165) is 17.1 Å². The maximum Gasteiger partial charge on any atom is 0.127 e. The van der Waals surface area contributed by atoms with Crippen molar-refractivity contribution in [3.8, 4) is 11.5 Å². The Labute approximate surface area is 118 Å². The molecule has 0 fully saturated rings. The molecule has 1 heterocycles. The topological polar surface area (TPSA) is 63.9 Å². The van der Waals surface area contributed by atoms with Gasteiger partial charge in [0.15, 0.2) is 0 Å². The molecule has 0 spiro atoms. The van der Waals surface area contributed by atoms with E-state index in [4.69, 9.17) is 13.9 Å². The number of rotatable bonds is 7. The molecule has 0 saturated heterocycles. The SMILES string of the molecule is COc1ccc(CNC(CO)c2ccco2)c(OC)c1. The van der Waals surface area contributed by atoms with Crippen molar-refractivity contribution in [1.29, 1.82) is 0 Å². The molecule has 1 aromatic carbocycles. The van der Waals surface area contributed by atoms with Gasteiger partial charge in [-0.1, -0.05) is 6.07 Å². The summed E-state index contributed by atoms with van der Waals surface area (Å²) in [5.41, 5.74) is 0.985. The lowest BCUT2D eigenvalue weighted by atomic mass is 10.1. The molecular weight excluding hydrogens is 258 g/mol. The van der Waals surface area contributed by atoms with Gasteiger partial charge >= 0.3 is 0 Å². The minimum absolute atomic E-state index is 0.0357. The number of methoxy groups -OCH3 is 2. The molecule has 0 amide bonds. The average molecular weight is 277 g/mol. The minimum atomic E-state index is -0.239. The van der Waals surface area contributed by atoms with Crippen molar-refractivity contribution in [1.82, 2.24) is 5.32 Å². The third-order valence-corrected chi connectivity index (χ3v) is 3.10. The van der Waals surface area contributed by atoms with Crippen LogP contribution in [0, 0.1) is 0 Å². The van der Waals surface area contributed by atoms with Gasteiger partial charge in [-0.3, -0.25) is 0 Å². The van der Waals surface area contributed by atoms with Crippen LogP contribution in [0.2, 0.25) is 0 Å². The van der Waals surface area contributed by atoms with Crippen molar-refractivity contribution in [3.63, 3.8) is 0 Å². The fourth-order valence-electron chi connectivity index (χ4n) is 1.98. The summed E-state index contributed by atoms with van der Waals surface area (Å²) >= 11 is 0. The van der Waals surface area contributed by atoms with E-state index in [0.29, 0.717) is 12.3 Å². The van der Waals surface area contributed by atoms with E-state index in [-0.39, 0.29) is 12.6 Å². The second-order valence-electron chi connectivity index (χ2n) is 4.31. The van der Waals surface area contributed by atoms with Crippen LogP contribution in [0.15, 0.2) is 41.0 Å². The zero-order valence-corrected chi connectivity index (χ0v) is 11.6. The van der Waals surface area contributed by atoms with Crippen LogP contribution in [0.1, 0.15) is 17.4 Å². The summed E-state index contributed by atoms with van der Waals surface area (Å²) in [6, 6.07) is 9.03. The van der Waals surface area contributed by atoms with Crippen LogP contribution >= 0.6 is 0 Å². The highest BCUT2D eigenvalue weighted by Crippen LogP contribution is 2.25. The Balaban J connectivity index is 2.06. The van der Waals surface area contributed by atoms with Crippen LogP contribution in [-0.2, 0) is 6.54 Å². The highest BCUT2D eigenvalue weighted by atomic mass is 16.5. The summed E-state index contributed by atoms with van der Waals surface area (Å²) in [4.78, 5) is 0. The first kappa shape index (κ1) is 14.4. The molecule has 0 radical (unpaired) electrons. The second kappa shape index (κ2) is 6.98. The van der Waals surface area contributed by atoms with Gasteiger partial charge in [0.05, 0.1) is 33.1 Å². The molecule has 0 aliphatic rings. The van der Waals surface area contributed by atoms with Gasteiger partial charge in [0.25, 0.3) is 0 Å². The molecule has 5 heteroatoms. The fourth-order valence-corrected chi connectivity index (χ4v) is 1.98. The van der Waals surface area contributed by atoms with Crippen molar-refractivity contribution in [3.05, 3.63) is 47.9 Å². The number of nitrogens with one attached hydrogen (secondary N) is 1. The largest absolute Gasteiger partial charge is 0.497 e. The Hall–Kier alpha value is -1.98. The van der Waals surface area contributed by atoms with Gasteiger partial charge in [0.2, 0.25) is 0 Å². The summed E-state index contributed by atoms with van der Waals surface area (Å²) < 4.78 is 15.8. The quantitative estimate of drug-likeness (QED) is 0.811. The Morgan fingerprint density at radius 3 is 2.70 bits per heavy atom. The normalized spacial score (nSPS) is 12.2. The molecule has 1 aromatic heterocycles. The fraction of sp³-hybridized carbons (Fsp3) is 0.333. The molecular formula is C15H19NO4. The first-order chi connectivity index (χ1) is 9.78. The van der Waals surface area contributed by atoms with E-state index in [1.165, 1.54) is 0 Å². The van der Waals surface area contributed by atoms with Crippen molar-refractivity contribution in [2.45, 2.75) is 12.6 Å². The lowest BCUT2D eigenvalue weighted by molar-refractivity contribution is 0.225. The van der Waals surface area contributed by atoms with Crippen LogP contribution in [0.3, 0.4) is 0 Å². The number of aliphatic hydroxyl groups excluding tert-OH is 1. The first-order valence-electron chi connectivity index (χ1n) is 6.37. The van der Waals surface area contributed by atoms with E-state index >= 15 is 0 Å². The molecule has 0 saturated carbocycles.